The fourth-order valence-corrected chi connectivity index (χ4v) is 6.31. The molecule has 0 radical (unpaired) electrons. The molecule has 2 N–H and O–H groups in total. The lowest BCUT2D eigenvalue weighted by atomic mass is 10.00. The van der Waals surface area contributed by atoms with Gasteiger partial charge in [-0.3, -0.25) is 4.79 Å². The molecule has 0 atom stereocenters. The van der Waals surface area contributed by atoms with Gasteiger partial charge in [0.05, 0.1) is 11.5 Å². The summed E-state index contributed by atoms with van der Waals surface area (Å²) in [6, 6.07) is 22.0. The zero-order valence-corrected chi connectivity index (χ0v) is 28.5. The van der Waals surface area contributed by atoms with Gasteiger partial charge in [0.15, 0.2) is 0 Å². The van der Waals surface area contributed by atoms with Gasteiger partial charge in [-0.05, 0) is 96.1 Å². The van der Waals surface area contributed by atoms with Crippen molar-refractivity contribution in [3.05, 3.63) is 96.3 Å². The molecule has 3 aromatic carbocycles. The van der Waals surface area contributed by atoms with Crippen LogP contribution in [0.3, 0.4) is 0 Å². The molecule has 48 heavy (non-hydrogen) atoms. The van der Waals surface area contributed by atoms with Gasteiger partial charge in [0, 0.05) is 49.0 Å². The Morgan fingerprint density at radius 2 is 1.67 bits per heavy atom. The number of carbonyl (C=O) groups is 1. The monoisotopic (exact) mass is 669 g/mol. The summed E-state index contributed by atoms with van der Waals surface area (Å²) >= 11 is 0. The highest BCUT2D eigenvalue weighted by molar-refractivity contribution is 7.92. The van der Waals surface area contributed by atoms with Gasteiger partial charge in [0.2, 0.25) is 5.95 Å². The quantitative estimate of drug-likeness (QED) is 0.129. The molecular formula is C37H43N5O5S. The fraction of sp³-hybridized carbons (Fsp3) is 0.324. The number of amides is 1. The van der Waals surface area contributed by atoms with Crippen LogP contribution in [0.15, 0.2) is 95.7 Å². The van der Waals surface area contributed by atoms with E-state index in [1.807, 2.05) is 30.3 Å². The molecule has 0 spiro atoms. The molecule has 252 valence electrons. The Kier molecular flexibility index (Phi) is 11.8. The van der Waals surface area contributed by atoms with Gasteiger partial charge < -0.3 is 19.7 Å². The Bertz CT molecular complexity index is 1790. The minimum absolute atomic E-state index is 0.0183. The smallest absolute Gasteiger partial charge is 0.264 e. The Hall–Kier alpha value is -4.74. The molecule has 1 amide bonds. The molecule has 0 saturated carbocycles. The van der Waals surface area contributed by atoms with E-state index in [0.29, 0.717) is 43.4 Å². The Balaban J connectivity index is 1.30. The lowest BCUT2D eigenvalue weighted by Crippen LogP contribution is -2.29. The number of benzene rings is 3. The molecule has 1 aliphatic rings. The second-order valence-corrected chi connectivity index (χ2v) is 13.7. The van der Waals surface area contributed by atoms with Crippen LogP contribution in [0.1, 0.15) is 45.6 Å². The van der Waals surface area contributed by atoms with E-state index in [1.54, 1.807) is 18.2 Å². The number of sulfonamides is 1. The molecule has 2 heterocycles. The molecule has 5 rings (SSSR count). The molecular weight excluding hydrogens is 627 g/mol. The standard InChI is InChI=1S/C37H43N5O5S/c1-4-5-21-46-22-23-47-33-12-7-28(8-13-33)29-9-16-35-31(24-29)25-30(17-20-42(35)26-27(2)3)36(43)40-32-10-14-34(15-11-32)48(44,45)41-37-38-18-6-19-39-37/h6-16,18-19,24-25,27H,4-5,17,20-23,26H2,1-3H3,(H,40,43)(H,38,39,41). The summed E-state index contributed by atoms with van der Waals surface area (Å²) in [5.74, 6) is 0.983. The molecule has 4 aromatic rings. The molecule has 0 bridgehead atoms. The van der Waals surface area contributed by atoms with E-state index in [2.05, 4.69) is 63.9 Å². The third-order valence-corrected chi connectivity index (χ3v) is 9.11. The van der Waals surface area contributed by atoms with E-state index < -0.39 is 10.0 Å². The van der Waals surface area contributed by atoms with Crippen LogP contribution in [0.4, 0.5) is 17.3 Å². The fourth-order valence-electron chi connectivity index (χ4n) is 5.35. The SMILES string of the molecule is CCCCOCCOc1ccc(-c2ccc3c(c2)C=C(C(=O)Nc2ccc(S(=O)(=O)Nc4ncccn4)cc2)CCN3CC(C)C)cc1. The van der Waals surface area contributed by atoms with Crippen molar-refractivity contribution in [2.45, 2.75) is 44.9 Å². The number of hydrogen-bond acceptors (Lipinski definition) is 8. The first-order valence-corrected chi connectivity index (χ1v) is 17.8. The van der Waals surface area contributed by atoms with Crippen LogP contribution < -0.4 is 19.7 Å². The predicted octanol–water partition coefficient (Wildman–Crippen LogP) is 7.03. The van der Waals surface area contributed by atoms with E-state index >= 15 is 0 Å². The number of hydrogen-bond donors (Lipinski definition) is 2. The topological polar surface area (TPSA) is 123 Å². The molecule has 1 aromatic heterocycles. The van der Waals surface area contributed by atoms with Crippen molar-refractivity contribution < 1.29 is 22.7 Å². The number of nitrogens with one attached hydrogen (secondary N) is 2. The normalized spacial score (nSPS) is 13.0. The number of aromatic nitrogens is 2. The molecule has 0 unspecified atom stereocenters. The summed E-state index contributed by atoms with van der Waals surface area (Å²) in [7, 11) is -3.89. The third kappa shape index (κ3) is 9.42. The Labute approximate surface area is 283 Å². The van der Waals surface area contributed by atoms with Crippen LogP contribution in [0.2, 0.25) is 0 Å². The Morgan fingerprint density at radius 1 is 0.938 bits per heavy atom. The molecule has 11 heteroatoms. The van der Waals surface area contributed by atoms with Crippen LogP contribution in [0, 0.1) is 5.92 Å². The van der Waals surface area contributed by atoms with Crippen molar-refractivity contribution in [2.75, 3.05) is 47.8 Å². The van der Waals surface area contributed by atoms with Gasteiger partial charge >= 0.3 is 0 Å². The van der Waals surface area contributed by atoms with Gasteiger partial charge in [0.1, 0.15) is 12.4 Å². The predicted molar refractivity (Wildman–Crippen MR) is 191 cm³/mol. The molecule has 1 aliphatic heterocycles. The summed E-state index contributed by atoms with van der Waals surface area (Å²) < 4.78 is 39.3. The minimum Gasteiger partial charge on any atom is -0.491 e. The maximum Gasteiger partial charge on any atom is 0.264 e. The first-order chi connectivity index (χ1) is 23.2. The van der Waals surface area contributed by atoms with E-state index in [9.17, 15) is 13.2 Å². The molecule has 0 fully saturated rings. The minimum atomic E-state index is -3.89. The number of anilines is 3. The zero-order valence-electron chi connectivity index (χ0n) is 27.7. The number of ether oxygens (including phenoxy) is 2. The van der Waals surface area contributed by atoms with E-state index in [1.165, 1.54) is 24.5 Å². The van der Waals surface area contributed by atoms with Gasteiger partial charge in [-0.15, -0.1) is 0 Å². The second kappa shape index (κ2) is 16.4. The van der Waals surface area contributed by atoms with Crippen LogP contribution in [0.25, 0.3) is 17.2 Å². The summed E-state index contributed by atoms with van der Waals surface area (Å²) in [4.78, 5) is 23.8. The number of unbranched alkanes of at least 4 members (excludes halogenated alkanes) is 1. The largest absolute Gasteiger partial charge is 0.491 e. The summed E-state index contributed by atoms with van der Waals surface area (Å²) in [5, 5.41) is 2.95. The highest BCUT2D eigenvalue weighted by Crippen LogP contribution is 2.34. The summed E-state index contributed by atoms with van der Waals surface area (Å²) in [6.07, 6.45) is 7.60. The average Bonchev–Trinajstić information content (AvgIpc) is 3.26. The van der Waals surface area contributed by atoms with E-state index in [-0.39, 0.29) is 16.8 Å². The summed E-state index contributed by atoms with van der Waals surface area (Å²) in [5.41, 5.74) is 5.27. The average molecular weight is 670 g/mol. The third-order valence-electron chi connectivity index (χ3n) is 7.77. The number of fused-ring (bicyclic) bond motifs is 1. The van der Waals surface area contributed by atoms with Crippen LogP contribution in [-0.4, -0.2) is 57.2 Å². The lowest BCUT2D eigenvalue weighted by Gasteiger charge is -2.27. The molecule has 10 nitrogen and oxygen atoms in total. The first kappa shape index (κ1) is 34.6. The maximum atomic E-state index is 13.6. The van der Waals surface area contributed by atoms with Crippen molar-refractivity contribution in [2.24, 2.45) is 5.92 Å². The summed E-state index contributed by atoms with van der Waals surface area (Å²) in [6.45, 7) is 9.91. The van der Waals surface area contributed by atoms with Crippen molar-refractivity contribution in [3.8, 4) is 16.9 Å². The van der Waals surface area contributed by atoms with Crippen LogP contribution in [0.5, 0.6) is 5.75 Å². The molecule has 0 aliphatic carbocycles. The molecule has 0 saturated heterocycles. The van der Waals surface area contributed by atoms with Gasteiger partial charge in [-0.1, -0.05) is 45.4 Å². The van der Waals surface area contributed by atoms with Crippen LogP contribution >= 0.6 is 0 Å². The van der Waals surface area contributed by atoms with E-state index in [4.69, 9.17) is 9.47 Å². The number of rotatable bonds is 15. The van der Waals surface area contributed by atoms with Gasteiger partial charge in [-0.25, -0.2) is 23.1 Å². The number of nitrogens with zero attached hydrogens (tertiary/aromatic N) is 3. The first-order valence-electron chi connectivity index (χ1n) is 16.3. The van der Waals surface area contributed by atoms with Gasteiger partial charge in [0.25, 0.3) is 15.9 Å². The highest BCUT2D eigenvalue weighted by atomic mass is 32.2. The van der Waals surface area contributed by atoms with E-state index in [0.717, 1.165) is 54.1 Å². The van der Waals surface area contributed by atoms with Crippen molar-refractivity contribution >= 4 is 39.3 Å². The van der Waals surface area contributed by atoms with Crippen molar-refractivity contribution in [1.29, 1.82) is 0 Å². The van der Waals surface area contributed by atoms with Crippen LogP contribution in [-0.2, 0) is 19.6 Å². The lowest BCUT2D eigenvalue weighted by molar-refractivity contribution is -0.112. The number of carbonyl (C=O) groups excluding carboxylic acids is 1. The Morgan fingerprint density at radius 3 is 2.38 bits per heavy atom. The highest BCUT2D eigenvalue weighted by Gasteiger charge is 2.22. The van der Waals surface area contributed by atoms with Gasteiger partial charge in [-0.2, -0.15) is 0 Å². The van der Waals surface area contributed by atoms with Crippen molar-refractivity contribution in [3.63, 3.8) is 0 Å². The second-order valence-electron chi connectivity index (χ2n) is 12.0. The zero-order chi connectivity index (χ0) is 33.9. The van der Waals surface area contributed by atoms with Crippen molar-refractivity contribution in [1.82, 2.24) is 9.97 Å². The maximum absolute atomic E-state index is 13.6.